The lowest BCUT2D eigenvalue weighted by Crippen LogP contribution is -2.56. The van der Waals surface area contributed by atoms with Gasteiger partial charge in [0.15, 0.2) is 0 Å². The van der Waals surface area contributed by atoms with Crippen LogP contribution in [-0.2, 0) is 32.0 Å². The van der Waals surface area contributed by atoms with Crippen molar-refractivity contribution in [2.45, 2.75) is 50.4 Å². The molecule has 7 N–H and O–H groups in total. The molecule has 2 aromatic carbocycles. The fraction of sp³-hybridized carbons (Fsp3) is 0.385. The van der Waals surface area contributed by atoms with Gasteiger partial charge in [-0.1, -0.05) is 42.5 Å². The zero-order valence-corrected chi connectivity index (χ0v) is 21.7. The van der Waals surface area contributed by atoms with Crippen LogP contribution in [0.1, 0.15) is 24.5 Å². The third-order valence-electron chi connectivity index (χ3n) is 5.62. The van der Waals surface area contributed by atoms with E-state index in [-0.39, 0.29) is 18.6 Å². The number of benzene rings is 2. The number of aromatic hydroxyl groups is 1. The summed E-state index contributed by atoms with van der Waals surface area (Å²) in [6.07, 6.45) is 2.47. The minimum Gasteiger partial charge on any atom is -0.508 e. The molecule has 37 heavy (non-hydrogen) atoms. The smallest absolute Gasteiger partial charge is 0.326 e. The SMILES string of the molecule is CSCCC(NC(=O)C(N)Cc1ccc(O)cc1)C(=O)NC(C)C(=O)NC(Cc1ccccc1)C(=O)O. The highest BCUT2D eigenvalue weighted by Crippen LogP contribution is 2.11. The van der Waals surface area contributed by atoms with Crippen molar-refractivity contribution in [3.05, 3.63) is 65.7 Å². The van der Waals surface area contributed by atoms with E-state index in [1.54, 1.807) is 36.4 Å². The summed E-state index contributed by atoms with van der Waals surface area (Å²) in [4.78, 5) is 49.9. The van der Waals surface area contributed by atoms with Crippen molar-refractivity contribution in [3.8, 4) is 5.75 Å². The average molecular weight is 531 g/mol. The Morgan fingerprint density at radius 3 is 2.03 bits per heavy atom. The van der Waals surface area contributed by atoms with Crippen LogP contribution in [0, 0.1) is 0 Å². The van der Waals surface area contributed by atoms with E-state index in [0.29, 0.717) is 12.2 Å². The summed E-state index contributed by atoms with van der Waals surface area (Å²) < 4.78 is 0. The predicted octanol–water partition coefficient (Wildman–Crippen LogP) is 0.817. The Balaban J connectivity index is 1.97. The molecule has 0 saturated carbocycles. The fourth-order valence-electron chi connectivity index (χ4n) is 3.49. The van der Waals surface area contributed by atoms with E-state index in [2.05, 4.69) is 16.0 Å². The van der Waals surface area contributed by atoms with E-state index in [0.717, 1.165) is 11.1 Å². The van der Waals surface area contributed by atoms with Crippen LogP contribution in [0.4, 0.5) is 0 Å². The van der Waals surface area contributed by atoms with Crippen molar-refractivity contribution in [2.75, 3.05) is 12.0 Å². The van der Waals surface area contributed by atoms with Gasteiger partial charge in [-0.3, -0.25) is 14.4 Å². The predicted molar refractivity (Wildman–Crippen MR) is 142 cm³/mol. The van der Waals surface area contributed by atoms with Gasteiger partial charge >= 0.3 is 5.97 Å². The Labute approximate surface area is 220 Å². The van der Waals surface area contributed by atoms with E-state index in [4.69, 9.17) is 5.73 Å². The molecule has 0 aliphatic heterocycles. The van der Waals surface area contributed by atoms with Crippen molar-refractivity contribution >= 4 is 35.5 Å². The number of amides is 3. The lowest BCUT2D eigenvalue weighted by Gasteiger charge is -2.23. The molecule has 2 rings (SSSR count). The quantitative estimate of drug-likeness (QED) is 0.208. The molecule has 11 heteroatoms. The van der Waals surface area contributed by atoms with Gasteiger partial charge in [0.2, 0.25) is 17.7 Å². The molecule has 3 amide bonds. The van der Waals surface area contributed by atoms with Crippen molar-refractivity contribution in [1.82, 2.24) is 16.0 Å². The van der Waals surface area contributed by atoms with Crippen molar-refractivity contribution < 1.29 is 29.4 Å². The van der Waals surface area contributed by atoms with Gasteiger partial charge < -0.3 is 31.9 Å². The number of carboxylic acids is 1. The maximum absolute atomic E-state index is 12.9. The third kappa shape index (κ3) is 10.1. The largest absolute Gasteiger partial charge is 0.508 e. The zero-order valence-electron chi connectivity index (χ0n) is 20.8. The van der Waals surface area contributed by atoms with Crippen molar-refractivity contribution in [3.63, 3.8) is 0 Å². The van der Waals surface area contributed by atoms with Gasteiger partial charge in [0.25, 0.3) is 0 Å². The second-order valence-corrected chi connectivity index (χ2v) is 9.62. The van der Waals surface area contributed by atoms with E-state index in [1.165, 1.54) is 30.8 Å². The molecule has 0 aliphatic rings. The van der Waals surface area contributed by atoms with Gasteiger partial charge in [0.05, 0.1) is 6.04 Å². The normalized spacial score (nSPS) is 14.0. The Hall–Kier alpha value is -3.57. The number of carbonyl (C=O) groups excluding carboxylic acids is 3. The van der Waals surface area contributed by atoms with E-state index >= 15 is 0 Å². The molecular formula is C26H34N4O6S. The number of nitrogens with two attached hydrogens (primary N) is 1. The number of hydrogen-bond donors (Lipinski definition) is 6. The molecule has 0 fully saturated rings. The number of rotatable bonds is 14. The van der Waals surface area contributed by atoms with Crippen LogP contribution >= 0.6 is 11.8 Å². The first kappa shape index (κ1) is 29.7. The zero-order chi connectivity index (χ0) is 27.4. The maximum Gasteiger partial charge on any atom is 0.326 e. The lowest BCUT2D eigenvalue weighted by molar-refractivity contribution is -0.142. The Morgan fingerprint density at radius 1 is 0.838 bits per heavy atom. The maximum atomic E-state index is 12.9. The number of aliphatic carboxylic acids is 1. The number of phenolic OH excluding ortho intramolecular Hbond substituents is 1. The van der Waals surface area contributed by atoms with Crippen LogP contribution < -0.4 is 21.7 Å². The molecule has 10 nitrogen and oxygen atoms in total. The number of hydrogen-bond acceptors (Lipinski definition) is 7. The molecule has 200 valence electrons. The van der Waals surface area contributed by atoms with Crippen LogP contribution in [0.2, 0.25) is 0 Å². The van der Waals surface area contributed by atoms with Gasteiger partial charge in [-0.15, -0.1) is 0 Å². The van der Waals surface area contributed by atoms with Crippen LogP contribution in [0.25, 0.3) is 0 Å². The third-order valence-corrected chi connectivity index (χ3v) is 6.27. The summed E-state index contributed by atoms with van der Waals surface area (Å²) >= 11 is 1.49. The Bertz CT molecular complexity index is 1050. The van der Waals surface area contributed by atoms with Crippen LogP contribution in [0.15, 0.2) is 54.6 Å². The summed E-state index contributed by atoms with van der Waals surface area (Å²) in [5, 5.41) is 26.6. The summed E-state index contributed by atoms with van der Waals surface area (Å²) in [6, 6.07) is 11.1. The summed E-state index contributed by atoms with van der Waals surface area (Å²) in [5.74, 6) is -2.27. The highest BCUT2D eigenvalue weighted by Gasteiger charge is 2.28. The monoisotopic (exact) mass is 530 g/mol. The van der Waals surface area contributed by atoms with Gasteiger partial charge in [-0.05, 0) is 55.0 Å². The molecule has 0 saturated heterocycles. The van der Waals surface area contributed by atoms with E-state index < -0.39 is 47.9 Å². The summed E-state index contributed by atoms with van der Waals surface area (Å²) in [7, 11) is 0. The van der Waals surface area contributed by atoms with E-state index in [1.807, 2.05) is 12.3 Å². The van der Waals surface area contributed by atoms with Gasteiger partial charge in [0.1, 0.15) is 23.9 Å². The fourth-order valence-corrected chi connectivity index (χ4v) is 3.96. The second-order valence-electron chi connectivity index (χ2n) is 8.64. The number of carboxylic acid groups (broad SMARTS) is 1. The Kier molecular flexibility index (Phi) is 11.9. The van der Waals surface area contributed by atoms with Crippen LogP contribution in [-0.4, -0.2) is 70.1 Å². The average Bonchev–Trinajstić information content (AvgIpc) is 2.87. The van der Waals surface area contributed by atoms with Gasteiger partial charge in [0, 0.05) is 6.42 Å². The minimum absolute atomic E-state index is 0.0912. The molecule has 0 radical (unpaired) electrons. The summed E-state index contributed by atoms with van der Waals surface area (Å²) in [6.45, 7) is 1.44. The molecule has 0 heterocycles. The molecule has 4 unspecified atom stereocenters. The molecule has 4 atom stereocenters. The van der Waals surface area contributed by atoms with Crippen LogP contribution in [0.5, 0.6) is 5.75 Å². The molecule has 0 bridgehead atoms. The van der Waals surface area contributed by atoms with Crippen LogP contribution in [0.3, 0.4) is 0 Å². The van der Waals surface area contributed by atoms with Gasteiger partial charge in [-0.25, -0.2) is 4.79 Å². The van der Waals surface area contributed by atoms with Crippen molar-refractivity contribution in [1.29, 1.82) is 0 Å². The first-order valence-corrected chi connectivity index (χ1v) is 13.2. The molecule has 0 aliphatic carbocycles. The number of nitrogens with one attached hydrogen (secondary N) is 3. The topological polar surface area (TPSA) is 171 Å². The number of thioether (sulfide) groups is 1. The molecule has 0 spiro atoms. The number of phenols is 1. The highest BCUT2D eigenvalue weighted by atomic mass is 32.2. The minimum atomic E-state index is -1.19. The molecule has 2 aromatic rings. The Morgan fingerprint density at radius 2 is 1.43 bits per heavy atom. The lowest BCUT2D eigenvalue weighted by atomic mass is 10.0. The first-order chi connectivity index (χ1) is 17.6. The summed E-state index contributed by atoms with van der Waals surface area (Å²) in [5.41, 5.74) is 7.52. The van der Waals surface area contributed by atoms with E-state index in [9.17, 15) is 29.4 Å². The van der Waals surface area contributed by atoms with Crippen molar-refractivity contribution in [2.24, 2.45) is 5.73 Å². The standard InChI is InChI=1S/C26H34N4O6S/c1-16(23(32)30-22(26(35)36)15-17-6-4-3-5-7-17)28-25(34)21(12-13-37-2)29-24(33)20(27)14-18-8-10-19(31)11-9-18/h3-11,16,20-22,31H,12-15,27H2,1-2H3,(H,28,34)(H,29,33)(H,30,32)(H,35,36). The molecular weight excluding hydrogens is 496 g/mol. The van der Waals surface area contributed by atoms with Gasteiger partial charge in [-0.2, -0.15) is 11.8 Å². The first-order valence-electron chi connectivity index (χ1n) is 11.8. The molecule has 0 aromatic heterocycles. The second kappa shape index (κ2) is 14.9. The number of carbonyl (C=O) groups is 4. The highest BCUT2D eigenvalue weighted by molar-refractivity contribution is 7.98.